The monoisotopic (exact) mass is 445 g/mol. The molecular formula is C25H31N7O. The van der Waals surface area contributed by atoms with Crippen LogP contribution >= 0.6 is 0 Å². The van der Waals surface area contributed by atoms with E-state index in [1.807, 2.05) is 48.6 Å². The molecule has 0 radical (unpaired) electrons. The second kappa shape index (κ2) is 10.3. The van der Waals surface area contributed by atoms with Crippen molar-refractivity contribution in [1.82, 2.24) is 15.0 Å². The van der Waals surface area contributed by atoms with Crippen molar-refractivity contribution in [2.75, 3.05) is 19.0 Å². The van der Waals surface area contributed by atoms with Crippen molar-refractivity contribution in [3.63, 3.8) is 0 Å². The number of guanidine groups is 1. The molecule has 5 N–H and O–H groups in total. The van der Waals surface area contributed by atoms with Crippen molar-refractivity contribution < 1.29 is 4.74 Å². The maximum Gasteiger partial charge on any atom is 0.185 e. The van der Waals surface area contributed by atoms with Gasteiger partial charge in [0.15, 0.2) is 11.8 Å². The molecule has 1 fully saturated rings. The van der Waals surface area contributed by atoms with Gasteiger partial charge in [-0.15, -0.1) is 0 Å². The van der Waals surface area contributed by atoms with Gasteiger partial charge in [-0.05, 0) is 73.6 Å². The summed E-state index contributed by atoms with van der Waals surface area (Å²) in [7, 11) is 1.67. The number of fused-ring (bicyclic) bond motifs is 1. The first kappa shape index (κ1) is 22.5. The number of pyridine rings is 1. The summed E-state index contributed by atoms with van der Waals surface area (Å²) < 4.78 is 5.45. The van der Waals surface area contributed by atoms with Gasteiger partial charge in [-0.2, -0.15) is 0 Å². The van der Waals surface area contributed by atoms with E-state index in [1.165, 1.54) is 0 Å². The normalized spacial score (nSPS) is 20.6. The number of nitrogens with one attached hydrogen (secondary N) is 1. The Labute approximate surface area is 194 Å². The van der Waals surface area contributed by atoms with Gasteiger partial charge in [0, 0.05) is 24.2 Å². The van der Waals surface area contributed by atoms with Crippen LogP contribution < -0.4 is 21.5 Å². The molecule has 0 spiro atoms. The second-order valence-corrected chi connectivity index (χ2v) is 8.57. The molecule has 0 amide bonds. The molecule has 3 aromatic rings. The highest BCUT2D eigenvalue weighted by Crippen LogP contribution is 2.33. The number of hydrogen-bond acceptors (Lipinski definition) is 6. The number of rotatable bonds is 7. The van der Waals surface area contributed by atoms with Crippen molar-refractivity contribution in [3.05, 3.63) is 54.1 Å². The van der Waals surface area contributed by atoms with E-state index in [1.54, 1.807) is 13.3 Å². The van der Waals surface area contributed by atoms with Crippen molar-refractivity contribution in [2.45, 2.75) is 32.2 Å². The lowest BCUT2D eigenvalue weighted by atomic mass is 9.79. The van der Waals surface area contributed by atoms with Crippen LogP contribution in [-0.4, -0.2) is 40.6 Å². The predicted molar refractivity (Wildman–Crippen MR) is 134 cm³/mol. The summed E-state index contributed by atoms with van der Waals surface area (Å²) in [4.78, 5) is 18.1. The van der Waals surface area contributed by atoms with Crippen LogP contribution in [0.5, 0.6) is 5.75 Å². The number of ether oxygens (including phenoxy) is 1. The first-order valence-corrected chi connectivity index (χ1v) is 11.3. The van der Waals surface area contributed by atoms with Crippen molar-refractivity contribution in [3.8, 4) is 5.75 Å². The number of methoxy groups -OCH3 is 1. The summed E-state index contributed by atoms with van der Waals surface area (Å²) in [6.45, 7) is 2.96. The lowest BCUT2D eigenvalue weighted by Crippen LogP contribution is -2.35. The Morgan fingerprint density at radius 1 is 1.18 bits per heavy atom. The minimum absolute atomic E-state index is 0.163. The number of anilines is 1. The zero-order chi connectivity index (χ0) is 23.2. The average Bonchev–Trinajstić information content (AvgIpc) is 2.83. The fraction of sp³-hybridized carbons (Fsp3) is 0.360. The smallest absolute Gasteiger partial charge is 0.185 e. The molecule has 1 aromatic carbocycles. The third-order valence-corrected chi connectivity index (χ3v) is 6.14. The SMILES string of the molecule is COc1ccc2nc(C=Cc3ccccn3)nc(N[C@@H]3CC[C@H](CN=C(N)N)C[C@H]3C)c2c1. The van der Waals surface area contributed by atoms with Gasteiger partial charge in [0.05, 0.1) is 18.3 Å². The Morgan fingerprint density at radius 2 is 2.06 bits per heavy atom. The third kappa shape index (κ3) is 5.77. The number of nitrogens with two attached hydrogens (primary N) is 2. The molecule has 4 rings (SSSR count). The molecule has 2 aromatic heterocycles. The second-order valence-electron chi connectivity index (χ2n) is 8.57. The number of aliphatic imine (C=N–C) groups is 1. The van der Waals surface area contributed by atoms with Gasteiger partial charge >= 0.3 is 0 Å². The van der Waals surface area contributed by atoms with Crippen molar-refractivity contribution >= 4 is 34.8 Å². The zero-order valence-electron chi connectivity index (χ0n) is 19.1. The van der Waals surface area contributed by atoms with Crippen LogP contribution in [-0.2, 0) is 0 Å². The topological polar surface area (TPSA) is 124 Å². The molecule has 0 bridgehead atoms. The first-order valence-electron chi connectivity index (χ1n) is 11.3. The molecule has 8 heteroatoms. The Balaban J connectivity index is 1.59. The molecule has 1 saturated carbocycles. The fourth-order valence-electron chi connectivity index (χ4n) is 4.37. The highest BCUT2D eigenvalue weighted by Gasteiger charge is 2.28. The van der Waals surface area contributed by atoms with Gasteiger partial charge in [-0.3, -0.25) is 9.98 Å². The molecule has 2 heterocycles. The van der Waals surface area contributed by atoms with Crippen LogP contribution in [0.1, 0.15) is 37.7 Å². The Morgan fingerprint density at radius 3 is 2.79 bits per heavy atom. The average molecular weight is 446 g/mol. The Kier molecular flexibility index (Phi) is 7.02. The van der Waals surface area contributed by atoms with Crippen LogP contribution in [0.4, 0.5) is 5.82 Å². The van der Waals surface area contributed by atoms with Crippen LogP contribution in [0.2, 0.25) is 0 Å². The number of hydrogen-bond donors (Lipinski definition) is 3. The molecular weight excluding hydrogens is 414 g/mol. The summed E-state index contributed by atoms with van der Waals surface area (Å²) in [6.07, 6.45) is 8.75. The maximum atomic E-state index is 5.51. The van der Waals surface area contributed by atoms with E-state index in [0.717, 1.165) is 47.4 Å². The van der Waals surface area contributed by atoms with Crippen LogP contribution in [0, 0.1) is 11.8 Å². The fourth-order valence-corrected chi connectivity index (χ4v) is 4.37. The summed E-state index contributed by atoms with van der Waals surface area (Å²) in [6, 6.07) is 12.0. The van der Waals surface area contributed by atoms with Gasteiger partial charge in [0.2, 0.25) is 0 Å². The van der Waals surface area contributed by atoms with E-state index in [2.05, 4.69) is 22.2 Å². The lowest BCUT2D eigenvalue weighted by molar-refractivity contribution is 0.266. The number of nitrogens with zero attached hydrogens (tertiary/aromatic N) is 4. The molecule has 0 aliphatic heterocycles. The molecule has 172 valence electrons. The minimum Gasteiger partial charge on any atom is -0.497 e. The van der Waals surface area contributed by atoms with E-state index in [0.29, 0.717) is 30.2 Å². The lowest BCUT2D eigenvalue weighted by Gasteiger charge is -2.34. The largest absolute Gasteiger partial charge is 0.497 e. The molecule has 8 nitrogen and oxygen atoms in total. The summed E-state index contributed by atoms with van der Waals surface area (Å²) in [5.74, 6) is 3.35. The quantitative estimate of drug-likeness (QED) is 0.374. The molecule has 33 heavy (non-hydrogen) atoms. The third-order valence-electron chi connectivity index (χ3n) is 6.14. The van der Waals surface area contributed by atoms with Gasteiger partial charge in [-0.25, -0.2) is 9.97 Å². The maximum absolute atomic E-state index is 5.51. The van der Waals surface area contributed by atoms with E-state index < -0.39 is 0 Å². The summed E-state index contributed by atoms with van der Waals surface area (Å²) in [5.41, 5.74) is 12.7. The van der Waals surface area contributed by atoms with E-state index in [4.69, 9.17) is 26.2 Å². The molecule has 1 aliphatic rings. The van der Waals surface area contributed by atoms with E-state index >= 15 is 0 Å². The van der Waals surface area contributed by atoms with Crippen LogP contribution in [0.3, 0.4) is 0 Å². The highest BCUT2D eigenvalue weighted by atomic mass is 16.5. The summed E-state index contributed by atoms with van der Waals surface area (Å²) >= 11 is 0. The van der Waals surface area contributed by atoms with Gasteiger partial charge in [0.25, 0.3) is 0 Å². The van der Waals surface area contributed by atoms with Crippen LogP contribution in [0.15, 0.2) is 47.6 Å². The number of aromatic nitrogens is 3. The van der Waals surface area contributed by atoms with Crippen LogP contribution in [0.25, 0.3) is 23.1 Å². The zero-order valence-corrected chi connectivity index (χ0v) is 19.1. The molecule has 0 unspecified atom stereocenters. The van der Waals surface area contributed by atoms with Gasteiger partial charge in [0.1, 0.15) is 11.6 Å². The molecule has 1 aliphatic carbocycles. The minimum atomic E-state index is 0.163. The molecule has 0 saturated heterocycles. The van der Waals surface area contributed by atoms with E-state index in [9.17, 15) is 0 Å². The van der Waals surface area contributed by atoms with Gasteiger partial charge in [-0.1, -0.05) is 13.0 Å². The Hall–Kier alpha value is -3.68. The number of benzene rings is 1. The van der Waals surface area contributed by atoms with E-state index in [-0.39, 0.29) is 5.96 Å². The Bertz CT molecular complexity index is 1140. The molecule has 3 atom stereocenters. The van der Waals surface area contributed by atoms with Crippen molar-refractivity contribution in [1.29, 1.82) is 0 Å². The summed E-state index contributed by atoms with van der Waals surface area (Å²) in [5, 5.41) is 4.65. The predicted octanol–water partition coefficient (Wildman–Crippen LogP) is 3.69. The first-order chi connectivity index (χ1) is 16.0. The highest BCUT2D eigenvalue weighted by molar-refractivity contribution is 5.91. The van der Waals surface area contributed by atoms with Gasteiger partial charge < -0.3 is 21.5 Å². The van der Waals surface area contributed by atoms with Crippen molar-refractivity contribution in [2.24, 2.45) is 28.3 Å². The standard InChI is InChI=1S/C25H31N7O/c1-16-13-17(15-29-25(26)27)6-9-21(16)31-24-20-14-19(33-2)8-10-22(20)30-23(32-24)11-7-18-5-3-4-12-28-18/h3-5,7-8,10-12,14,16-17,21H,6,9,13,15H2,1-2H3,(H4,26,27,29)(H,30,31,32)/t16-,17+,21-/m1/s1.